The predicted molar refractivity (Wildman–Crippen MR) is 97.8 cm³/mol. The molecule has 131 valence electrons. The number of H-pyrrole nitrogens is 1. The number of nitrogens with one attached hydrogen (secondary N) is 1. The minimum atomic E-state index is -3.29. The molecule has 0 atom stereocenters. The standard InChI is InChI=1S/C17H14N5O3S/c1-22(10-3-5-11(6-4-10)26(2,24)25)17(23)16-12-7-8-14-13(9-18-19-14)15(12)20-21-16/h3-9H,1-2H3,(H,20,21). The predicted octanol–water partition coefficient (Wildman–Crippen LogP) is 1.83. The molecule has 2 heterocycles. The SMILES string of the molecule is CN(C(=O)c1n[nH]c2c3c(ccc12)[N]N=C3)c1ccc(S(C)(=O)=O)cc1. The van der Waals surface area contributed by atoms with Crippen LogP contribution in [-0.2, 0) is 9.84 Å². The Morgan fingerprint density at radius 1 is 1.12 bits per heavy atom. The molecule has 8 nitrogen and oxygen atoms in total. The first-order valence-corrected chi connectivity index (χ1v) is 9.59. The number of fused-ring (bicyclic) bond motifs is 3. The van der Waals surface area contributed by atoms with Gasteiger partial charge in [0.05, 0.1) is 22.3 Å². The third kappa shape index (κ3) is 2.53. The van der Waals surface area contributed by atoms with Crippen molar-refractivity contribution < 1.29 is 13.2 Å². The highest BCUT2D eigenvalue weighted by Crippen LogP contribution is 2.29. The number of amides is 1. The molecule has 0 aliphatic carbocycles. The lowest BCUT2D eigenvalue weighted by molar-refractivity contribution is 0.0989. The first-order valence-electron chi connectivity index (χ1n) is 7.69. The highest BCUT2D eigenvalue weighted by molar-refractivity contribution is 7.90. The van der Waals surface area contributed by atoms with Crippen LogP contribution in [0.3, 0.4) is 0 Å². The van der Waals surface area contributed by atoms with Gasteiger partial charge in [-0.2, -0.15) is 15.6 Å². The van der Waals surface area contributed by atoms with Gasteiger partial charge in [0.15, 0.2) is 15.5 Å². The van der Waals surface area contributed by atoms with Crippen molar-refractivity contribution in [2.75, 3.05) is 18.2 Å². The molecule has 3 aromatic rings. The summed E-state index contributed by atoms with van der Waals surface area (Å²) in [4.78, 5) is 14.5. The molecule has 1 aliphatic rings. The van der Waals surface area contributed by atoms with Crippen LogP contribution in [0.2, 0.25) is 0 Å². The molecule has 1 amide bonds. The monoisotopic (exact) mass is 368 g/mol. The van der Waals surface area contributed by atoms with Crippen molar-refractivity contribution in [1.82, 2.24) is 15.6 Å². The molecule has 1 radical (unpaired) electrons. The Bertz CT molecular complexity index is 1160. The Kier molecular flexibility index (Phi) is 3.55. The maximum absolute atomic E-state index is 12.9. The molecular weight excluding hydrogens is 354 g/mol. The van der Waals surface area contributed by atoms with Crippen molar-refractivity contribution >= 4 is 44.2 Å². The largest absolute Gasteiger partial charge is 0.310 e. The van der Waals surface area contributed by atoms with Gasteiger partial charge in [0.25, 0.3) is 5.91 Å². The topological polar surface area (TPSA) is 110 Å². The van der Waals surface area contributed by atoms with Crippen LogP contribution in [0.5, 0.6) is 0 Å². The van der Waals surface area contributed by atoms with Gasteiger partial charge in [-0.15, -0.1) is 0 Å². The van der Waals surface area contributed by atoms with E-state index in [0.29, 0.717) is 16.6 Å². The minimum Gasteiger partial charge on any atom is -0.310 e. The van der Waals surface area contributed by atoms with Crippen molar-refractivity contribution in [1.29, 1.82) is 0 Å². The smallest absolute Gasteiger partial charge is 0.279 e. The molecule has 9 heteroatoms. The van der Waals surface area contributed by atoms with Gasteiger partial charge in [0.1, 0.15) is 0 Å². The summed E-state index contributed by atoms with van der Waals surface area (Å²) in [6, 6.07) is 9.70. The number of nitrogens with zero attached hydrogens (tertiary/aromatic N) is 4. The molecule has 2 aromatic carbocycles. The highest BCUT2D eigenvalue weighted by atomic mass is 32.2. The zero-order valence-electron chi connectivity index (χ0n) is 14.0. The van der Waals surface area contributed by atoms with Gasteiger partial charge in [-0.3, -0.25) is 9.89 Å². The molecule has 1 N–H and O–H groups in total. The van der Waals surface area contributed by atoms with Crippen molar-refractivity contribution in [3.63, 3.8) is 0 Å². The fourth-order valence-corrected chi connectivity index (χ4v) is 3.45. The van der Waals surface area contributed by atoms with Crippen LogP contribution < -0.4 is 10.3 Å². The first kappa shape index (κ1) is 16.3. The lowest BCUT2D eigenvalue weighted by Gasteiger charge is -2.16. The number of hydrogen-bond acceptors (Lipinski definition) is 5. The molecule has 0 saturated carbocycles. The van der Waals surface area contributed by atoms with Crippen LogP contribution in [0.15, 0.2) is 46.4 Å². The van der Waals surface area contributed by atoms with Crippen LogP contribution in [0.1, 0.15) is 16.1 Å². The van der Waals surface area contributed by atoms with Crippen LogP contribution in [-0.4, -0.2) is 44.0 Å². The number of sulfone groups is 1. The maximum Gasteiger partial charge on any atom is 0.279 e. The number of carbonyl (C=O) groups excluding carboxylic acids is 1. The molecule has 4 rings (SSSR count). The average molecular weight is 368 g/mol. The molecule has 0 fully saturated rings. The number of anilines is 1. The molecule has 0 spiro atoms. The van der Waals surface area contributed by atoms with Gasteiger partial charge in [-0.05, 0) is 36.4 Å². The summed E-state index contributed by atoms with van der Waals surface area (Å²) in [5.74, 6) is -0.310. The van der Waals surface area contributed by atoms with E-state index in [1.54, 1.807) is 37.5 Å². The number of aromatic amines is 1. The second kappa shape index (κ2) is 5.67. The number of carbonyl (C=O) groups is 1. The van der Waals surface area contributed by atoms with Gasteiger partial charge >= 0.3 is 0 Å². The minimum absolute atomic E-state index is 0.200. The Labute approximate surface area is 149 Å². The molecule has 1 aromatic heterocycles. The normalized spacial score (nSPS) is 12.8. The van der Waals surface area contributed by atoms with Gasteiger partial charge in [0.2, 0.25) is 0 Å². The van der Waals surface area contributed by atoms with Gasteiger partial charge < -0.3 is 4.90 Å². The molecule has 26 heavy (non-hydrogen) atoms. The summed E-state index contributed by atoms with van der Waals surface area (Å²) >= 11 is 0. The third-order valence-electron chi connectivity index (χ3n) is 4.27. The van der Waals surface area contributed by atoms with Crippen molar-refractivity contribution in [3.05, 3.63) is 47.7 Å². The fourth-order valence-electron chi connectivity index (χ4n) is 2.82. The van der Waals surface area contributed by atoms with E-state index in [4.69, 9.17) is 0 Å². The first-order chi connectivity index (χ1) is 12.4. The Morgan fingerprint density at radius 3 is 2.54 bits per heavy atom. The number of benzene rings is 2. The summed E-state index contributed by atoms with van der Waals surface area (Å²) in [5.41, 5.74) is 7.07. The van der Waals surface area contributed by atoms with Crippen molar-refractivity contribution in [3.8, 4) is 0 Å². The van der Waals surface area contributed by atoms with E-state index in [1.807, 2.05) is 0 Å². The number of aromatic nitrogens is 2. The van der Waals surface area contributed by atoms with Crippen molar-refractivity contribution in [2.45, 2.75) is 4.90 Å². The third-order valence-corrected chi connectivity index (χ3v) is 5.40. The van der Waals surface area contributed by atoms with E-state index in [0.717, 1.165) is 17.5 Å². The van der Waals surface area contributed by atoms with Crippen LogP contribution in [0, 0.1) is 0 Å². The molecule has 0 saturated heterocycles. The highest BCUT2D eigenvalue weighted by Gasteiger charge is 2.23. The molecule has 1 aliphatic heterocycles. The van der Waals surface area contributed by atoms with E-state index in [9.17, 15) is 13.2 Å². The van der Waals surface area contributed by atoms with E-state index in [2.05, 4.69) is 20.7 Å². The summed E-state index contributed by atoms with van der Waals surface area (Å²) in [7, 11) is -1.67. The van der Waals surface area contributed by atoms with E-state index < -0.39 is 9.84 Å². The Balaban J connectivity index is 1.69. The van der Waals surface area contributed by atoms with Gasteiger partial charge in [0, 0.05) is 29.9 Å². The summed E-state index contributed by atoms with van der Waals surface area (Å²) in [6.45, 7) is 0. The number of hydrogen-bond donors (Lipinski definition) is 1. The van der Waals surface area contributed by atoms with Gasteiger partial charge in [-0.1, -0.05) is 0 Å². The van der Waals surface area contributed by atoms with Crippen LogP contribution >= 0.6 is 0 Å². The Hall–Kier alpha value is -3.20. The molecule has 0 bridgehead atoms. The quantitative estimate of drug-likeness (QED) is 0.760. The van der Waals surface area contributed by atoms with Crippen molar-refractivity contribution in [2.24, 2.45) is 5.10 Å². The second-order valence-corrected chi connectivity index (χ2v) is 7.98. The maximum atomic E-state index is 12.9. The summed E-state index contributed by atoms with van der Waals surface area (Å²) < 4.78 is 23.1. The lowest BCUT2D eigenvalue weighted by Crippen LogP contribution is -2.26. The van der Waals surface area contributed by atoms with E-state index in [1.165, 1.54) is 17.0 Å². The fraction of sp³-hybridized carbons (Fsp3) is 0.118. The van der Waals surface area contributed by atoms with E-state index >= 15 is 0 Å². The van der Waals surface area contributed by atoms with Gasteiger partial charge in [-0.25, -0.2) is 8.42 Å². The van der Waals surface area contributed by atoms with Crippen LogP contribution in [0.25, 0.3) is 10.9 Å². The second-order valence-electron chi connectivity index (χ2n) is 5.97. The van der Waals surface area contributed by atoms with Crippen LogP contribution in [0.4, 0.5) is 11.4 Å². The summed E-state index contributed by atoms with van der Waals surface area (Å²) in [6.07, 6.45) is 2.76. The molecule has 0 unspecified atom stereocenters. The zero-order valence-corrected chi connectivity index (χ0v) is 14.8. The van der Waals surface area contributed by atoms with E-state index in [-0.39, 0.29) is 16.5 Å². The zero-order chi connectivity index (χ0) is 18.5. The lowest BCUT2D eigenvalue weighted by atomic mass is 10.1. The average Bonchev–Trinajstić information content (AvgIpc) is 3.25. The summed E-state index contributed by atoms with van der Waals surface area (Å²) in [5, 5.41) is 11.6. The molecular formula is C17H14N5O3S. The number of rotatable bonds is 3. The Morgan fingerprint density at radius 2 is 1.85 bits per heavy atom.